The summed E-state index contributed by atoms with van der Waals surface area (Å²) in [6.07, 6.45) is 9.62. The standard InChI is InChI=1S/C15H30N2S/c1-14(2)9-10-18-12-15(14,11-16)17-13-7-5-3-4-6-8-13/h13,17H,3-12,16H2,1-2H3. The Labute approximate surface area is 117 Å². The average molecular weight is 270 g/mol. The first kappa shape index (κ1) is 14.7. The molecule has 106 valence electrons. The van der Waals surface area contributed by atoms with E-state index in [4.69, 9.17) is 5.73 Å². The summed E-state index contributed by atoms with van der Waals surface area (Å²) in [6, 6.07) is 0.703. The van der Waals surface area contributed by atoms with E-state index in [2.05, 4.69) is 30.9 Å². The number of thioether (sulfide) groups is 1. The Bertz CT molecular complexity index is 259. The minimum Gasteiger partial charge on any atom is -0.329 e. The number of rotatable bonds is 3. The van der Waals surface area contributed by atoms with Gasteiger partial charge in [-0.1, -0.05) is 39.5 Å². The largest absolute Gasteiger partial charge is 0.329 e. The van der Waals surface area contributed by atoms with Crippen molar-refractivity contribution in [2.45, 2.75) is 70.4 Å². The molecule has 0 aromatic heterocycles. The van der Waals surface area contributed by atoms with Gasteiger partial charge in [0.05, 0.1) is 0 Å². The minimum absolute atomic E-state index is 0.158. The van der Waals surface area contributed by atoms with Crippen LogP contribution in [-0.4, -0.2) is 29.6 Å². The first-order chi connectivity index (χ1) is 8.60. The van der Waals surface area contributed by atoms with E-state index < -0.39 is 0 Å². The first-order valence-corrected chi connectivity index (χ1v) is 8.81. The topological polar surface area (TPSA) is 38.0 Å². The van der Waals surface area contributed by atoms with Crippen molar-refractivity contribution in [3.8, 4) is 0 Å². The van der Waals surface area contributed by atoms with Crippen LogP contribution in [0.5, 0.6) is 0 Å². The van der Waals surface area contributed by atoms with Gasteiger partial charge in [-0.25, -0.2) is 0 Å². The molecule has 0 bridgehead atoms. The summed E-state index contributed by atoms with van der Waals surface area (Å²) < 4.78 is 0. The van der Waals surface area contributed by atoms with Crippen molar-refractivity contribution in [3.05, 3.63) is 0 Å². The molecule has 2 fully saturated rings. The molecule has 2 aliphatic rings. The fourth-order valence-electron chi connectivity index (χ4n) is 3.45. The van der Waals surface area contributed by atoms with Crippen LogP contribution >= 0.6 is 11.8 Å². The molecule has 0 aromatic rings. The van der Waals surface area contributed by atoms with Crippen LogP contribution in [0.4, 0.5) is 0 Å². The first-order valence-electron chi connectivity index (χ1n) is 7.65. The fourth-order valence-corrected chi connectivity index (χ4v) is 5.19. The highest BCUT2D eigenvalue weighted by Crippen LogP contribution is 2.42. The molecule has 1 heterocycles. The van der Waals surface area contributed by atoms with Crippen LogP contribution in [0.2, 0.25) is 0 Å². The monoisotopic (exact) mass is 270 g/mol. The third kappa shape index (κ3) is 3.05. The highest BCUT2D eigenvalue weighted by atomic mass is 32.2. The van der Waals surface area contributed by atoms with Crippen molar-refractivity contribution < 1.29 is 0 Å². The van der Waals surface area contributed by atoms with Gasteiger partial charge in [0.15, 0.2) is 0 Å². The summed E-state index contributed by atoms with van der Waals surface area (Å²) in [6.45, 7) is 5.59. The van der Waals surface area contributed by atoms with Gasteiger partial charge in [0, 0.05) is 23.9 Å². The molecular weight excluding hydrogens is 240 g/mol. The van der Waals surface area contributed by atoms with Crippen LogP contribution in [-0.2, 0) is 0 Å². The summed E-state index contributed by atoms with van der Waals surface area (Å²) in [7, 11) is 0. The summed E-state index contributed by atoms with van der Waals surface area (Å²) >= 11 is 2.08. The smallest absolute Gasteiger partial charge is 0.0449 e. The lowest BCUT2D eigenvalue weighted by Crippen LogP contribution is -2.66. The number of nitrogens with two attached hydrogens (primary N) is 1. The van der Waals surface area contributed by atoms with Gasteiger partial charge in [0.25, 0.3) is 0 Å². The molecule has 1 unspecified atom stereocenters. The highest BCUT2D eigenvalue weighted by Gasteiger charge is 2.46. The Morgan fingerprint density at radius 3 is 2.39 bits per heavy atom. The summed E-state index contributed by atoms with van der Waals surface area (Å²) in [5.41, 5.74) is 6.68. The molecule has 2 nitrogen and oxygen atoms in total. The number of hydrogen-bond donors (Lipinski definition) is 2. The summed E-state index contributed by atoms with van der Waals surface area (Å²) in [5, 5.41) is 4.01. The Hall–Kier alpha value is 0.270. The van der Waals surface area contributed by atoms with Gasteiger partial charge in [0.1, 0.15) is 0 Å². The zero-order valence-corrected chi connectivity index (χ0v) is 13.0. The normalized spacial score (nSPS) is 34.2. The Balaban J connectivity index is 2.06. The van der Waals surface area contributed by atoms with Crippen molar-refractivity contribution in [1.29, 1.82) is 0 Å². The second kappa shape index (κ2) is 6.15. The van der Waals surface area contributed by atoms with Crippen molar-refractivity contribution in [2.75, 3.05) is 18.1 Å². The second-order valence-corrected chi connectivity index (χ2v) is 7.91. The fraction of sp³-hybridized carbons (Fsp3) is 1.00. The van der Waals surface area contributed by atoms with Gasteiger partial charge in [-0.05, 0) is 30.4 Å². The molecule has 3 heteroatoms. The molecule has 0 spiro atoms. The molecule has 18 heavy (non-hydrogen) atoms. The molecule has 1 aliphatic heterocycles. The maximum absolute atomic E-state index is 6.19. The quantitative estimate of drug-likeness (QED) is 0.774. The molecule has 1 saturated heterocycles. The minimum atomic E-state index is 0.158. The Morgan fingerprint density at radius 2 is 1.83 bits per heavy atom. The molecule has 1 atom stereocenters. The molecule has 1 aliphatic carbocycles. The average Bonchev–Trinajstić information content (AvgIpc) is 2.60. The van der Waals surface area contributed by atoms with Crippen molar-refractivity contribution in [3.63, 3.8) is 0 Å². The Kier molecular flexibility index (Phi) is 5.01. The van der Waals surface area contributed by atoms with Gasteiger partial charge < -0.3 is 11.1 Å². The van der Waals surface area contributed by atoms with Crippen LogP contribution in [0.25, 0.3) is 0 Å². The summed E-state index contributed by atoms with van der Waals surface area (Å²) in [4.78, 5) is 0. The molecule has 0 radical (unpaired) electrons. The molecule has 2 rings (SSSR count). The molecule has 0 aromatic carbocycles. The molecular formula is C15H30N2S. The lowest BCUT2D eigenvalue weighted by atomic mass is 9.70. The van der Waals surface area contributed by atoms with Crippen LogP contribution in [0.15, 0.2) is 0 Å². The lowest BCUT2D eigenvalue weighted by Gasteiger charge is -2.51. The summed E-state index contributed by atoms with van der Waals surface area (Å²) in [5.74, 6) is 2.48. The molecule has 3 N–H and O–H groups in total. The van der Waals surface area contributed by atoms with E-state index in [9.17, 15) is 0 Å². The number of hydrogen-bond acceptors (Lipinski definition) is 3. The van der Waals surface area contributed by atoms with Crippen molar-refractivity contribution in [2.24, 2.45) is 11.1 Å². The van der Waals surface area contributed by atoms with Gasteiger partial charge >= 0.3 is 0 Å². The van der Waals surface area contributed by atoms with Gasteiger partial charge in [-0.15, -0.1) is 0 Å². The van der Waals surface area contributed by atoms with Gasteiger partial charge in [0.2, 0.25) is 0 Å². The van der Waals surface area contributed by atoms with Gasteiger partial charge in [-0.2, -0.15) is 11.8 Å². The maximum atomic E-state index is 6.19. The third-order valence-corrected chi connectivity index (χ3v) is 6.39. The van der Waals surface area contributed by atoms with Gasteiger partial charge in [-0.3, -0.25) is 0 Å². The van der Waals surface area contributed by atoms with E-state index >= 15 is 0 Å². The highest BCUT2D eigenvalue weighted by molar-refractivity contribution is 7.99. The van der Waals surface area contributed by atoms with Crippen LogP contribution in [0.3, 0.4) is 0 Å². The maximum Gasteiger partial charge on any atom is 0.0449 e. The predicted molar refractivity (Wildman–Crippen MR) is 82.1 cm³/mol. The van der Waals surface area contributed by atoms with E-state index in [1.54, 1.807) is 0 Å². The third-order valence-electron chi connectivity index (χ3n) is 5.20. The zero-order valence-electron chi connectivity index (χ0n) is 12.1. The predicted octanol–water partition coefficient (Wildman–Crippen LogP) is 3.16. The van der Waals surface area contributed by atoms with Crippen molar-refractivity contribution in [1.82, 2.24) is 5.32 Å². The Morgan fingerprint density at radius 1 is 1.17 bits per heavy atom. The van der Waals surface area contributed by atoms with E-state index in [0.717, 1.165) is 6.54 Å². The SMILES string of the molecule is CC1(C)CCSCC1(CN)NC1CCCCCC1. The van der Waals surface area contributed by atoms with Crippen LogP contribution < -0.4 is 11.1 Å². The van der Waals surface area contributed by atoms with Crippen LogP contribution in [0, 0.1) is 5.41 Å². The van der Waals surface area contributed by atoms with Crippen molar-refractivity contribution >= 4 is 11.8 Å². The molecule has 0 amide bonds. The van der Waals surface area contributed by atoms with E-state index in [-0.39, 0.29) is 5.54 Å². The zero-order chi connectivity index (χ0) is 13.1. The number of nitrogens with one attached hydrogen (secondary N) is 1. The second-order valence-electron chi connectivity index (χ2n) is 6.81. The lowest BCUT2D eigenvalue weighted by molar-refractivity contribution is 0.118. The van der Waals surface area contributed by atoms with E-state index in [0.29, 0.717) is 11.5 Å². The molecule has 1 saturated carbocycles. The van der Waals surface area contributed by atoms with E-state index in [1.807, 2.05) is 0 Å². The van der Waals surface area contributed by atoms with E-state index in [1.165, 1.54) is 56.5 Å². The van der Waals surface area contributed by atoms with Crippen LogP contribution in [0.1, 0.15) is 58.8 Å².